The Morgan fingerprint density at radius 1 is 1.17 bits per heavy atom. The summed E-state index contributed by atoms with van der Waals surface area (Å²) in [4.78, 5) is 14.4. The van der Waals surface area contributed by atoms with Gasteiger partial charge in [0.15, 0.2) is 0 Å². The number of rotatable bonds is 4. The molecule has 1 amide bonds. The quantitative estimate of drug-likeness (QED) is 0.829. The van der Waals surface area contributed by atoms with Crippen LogP contribution in [0.4, 0.5) is 5.69 Å². The van der Waals surface area contributed by atoms with E-state index < -0.39 is 0 Å². The predicted molar refractivity (Wildman–Crippen MR) is 96.2 cm³/mol. The molecule has 0 aliphatic carbocycles. The van der Waals surface area contributed by atoms with Crippen molar-refractivity contribution in [3.8, 4) is 5.75 Å². The molecule has 2 aromatic carbocycles. The fraction of sp³-hybridized carbons (Fsp3) is 0.316. The van der Waals surface area contributed by atoms with Crippen molar-refractivity contribution in [1.29, 1.82) is 0 Å². The lowest BCUT2D eigenvalue weighted by Gasteiger charge is -2.26. The van der Waals surface area contributed by atoms with Crippen LogP contribution in [0.2, 0.25) is 0 Å². The van der Waals surface area contributed by atoms with E-state index in [4.69, 9.17) is 4.74 Å². The molecular formula is C19H21NO2S. The van der Waals surface area contributed by atoms with Gasteiger partial charge in [0.05, 0.1) is 12.4 Å². The molecule has 3 rings (SSSR count). The Hall–Kier alpha value is -1.94. The molecule has 23 heavy (non-hydrogen) atoms. The van der Waals surface area contributed by atoms with Crippen LogP contribution in [0.3, 0.4) is 0 Å². The first-order valence-corrected chi connectivity index (χ1v) is 8.88. The summed E-state index contributed by atoms with van der Waals surface area (Å²) >= 11 is 1.65. The SMILES string of the molecule is CCOc1ccccc1[C@H]1SCC(=O)N1c1cc(C)cc(C)c1. The second-order valence-electron chi connectivity index (χ2n) is 5.74. The molecule has 1 aliphatic heterocycles. The minimum atomic E-state index is -0.0357. The van der Waals surface area contributed by atoms with E-state index in [1.807, 2.05) is 30.0 Å². The molecule has 0 aromatic heterocycles. The van der Waals surface area contributed by atoms with E-state index in [1.165, 1.54) is 11.1 Å². The van der Waals surface area contributed by atoms with Crippen molar-refractivity contribution in [3.63, 3.8) is 0 Å². The van der Waals surface area contributed by atoms with E-state index >= 15 is 0 Å². The topological polar surface area (TPSA) is 29.5 Å². The molecule has 1 aliphatic rings. The fourth-order valence-electron chi connectivity index (χ4n) is 2.99. The van der Waals surface area contributed by atoms with Gasteiger partial charge < -0.3 is 4.74 Å². The molecular weight excluding hydrogens is 306 g/mol. The molecule has 0 bridgehead atoms. The van der Waals surface area contributed by atoms with Crippen LogP contribution >= 0.6 is 11.8 Å². The number of thioether (sulfide) groups is 1. The molecule has 0 saturated carbocycles. The van der Waals surface area contributed by atoms with Gasteiger partial charge in [0, 0.05) is 11.3 Å². The first-order chi connectivity index (χ1) is 11.1. The number of anilines is 1. The lowest BCUT2D eigenvalue weighted by Crippen LogP contribution is -2.28. The van der Waals surface area contributed by atoms with E-state index in [9.17, 15) is 4.79 Å². The standard InChI is InChI=1S/C19H21NO2S/c1-4-22-17-8-6-5-7-16(17)19-20(18(21)12-23-19)15-10-13(2)9-14(3)11-15/h5-11,19H,4,12H2,1-3H3/t19-/m1/s1. The van der Waals surface area contributed by atoms with E-state index in [0.717, 1.165) is 17.0 Å². The number of amides is 1. The Labute approximate surface area is 141 Å². The monoisotopic (exact) mass is 327 g/mol. The van der Waals surface area contributed by atoms with Crippen molar-refractivity contribution in [2.75, 3.05) is 17.3 Å². The zero-order chi connectivity index (χ0) is 16.4. The van der Waals surface area contributed by atoms with Gasteiger partial charge in [-0.15, -0.1) is 11.8 Å². The fourth-order valence-corrected chi connectivity index (χ4v) is 4.20. The van der Waals surface area contributed by atoms with Gasteiger partial charge in [-0.25, -0.2) is 0 Å². The lowest BCUT2D eigenvalue weighted by molar-refractivity contribution is -0.115. The molecule has 2 aromatic rings. The number of carbonyl (C=O) groups is 1. The number of nitrogens with zero attached hydrogens (tertiary/aromatic N) is 1. The molecule has 4 heteroatoms. The molecule has 1 atom stereocenters. The van der Waals surface area contributed by atoms with Crippen LogP contribution < -0.4 is 9.64 Å². The Balaban J connectivity index is 2.03. The summed E-state index contributed by atoms with van der Waals surface area (Å²) in [7, 11) is 0. The number of hydrogen-bond acceptors (Lipinski definition) is 3. The first-order valence-electron chi connectivity index (χ1n) is 7.84. The normalized spacial score (nSPS) is 17.6. The molecule has 3 nitrogen and oxygen atoms in total. The molecule has 0 radical (unpaired) electrons. The van der Waals surface area contributed by atoms with Crippen molar-refractivity contribution in [1.82, 2.24) is 0 Å². The van der Waals surface area contributed by atoms with Gasteiger partial charge in [-0.1, -0.05) is 24.3 Å². The van der Waals surface area contributed by atoms with Crippen molar-refractivity contribution < 1.29 is 9.53 Å². The van der Waals surface area contributed by atoms with Crippen LogP contribution in [-0.4, -0.2) is 18.3 Å². The second kappa shape index (κ2) is 6.67. The zero-order valence-electron chi connectivity index (χ0n) is 13.7. The summed E-state index contributed by atoms with van der Waals surface area (Å²) in [6.45, 7) is 6.72. The highest BCUT2D eigenvalue weighted by molar-refractivity contribution is 8.00. The van der Waals surface area contributed by atoms with Gasteiger partial charge >= 0.3 is 0 Å². The number of ether oxygens (including phenoxy) is 1. The predicted octanol–water partition coefficient (Wildman–Crippen LogP) is 4.48. The molecule has 120 valence electrons. The Morgan fingerprint density at radius 2 is 1.87 bits per heavy atom. The van der Waals surface area contributed by atoms with Gasteiger partial charge in [-0.05, 0) is 50.1 Å². The third kappa shape index (κ3) is 3.22. The summed E-state index contributed by atoms with van der Waals surface area (Å²) in [5.41, 5.74) is 4.36. The van der Waals surface area contributed by atoms with Crippen LogP contribution in [0.15, 0.2) is 42.5 Å². The Morgan fingerprint density at radius 3 is 2.57 bits per heavy atom. The molecule has 1 heterocycles. The number of hydrogen-bond donors (Lipinski definition) is 0. The molecule has 0 spiro atoms. The smallest absolute Gasteiger partial charge is 0.238 e. The largest absolute Gasteiger partial charge is 0.493 e. The van der Waals surface area contributed by atoms with Crippen LogP contribution in [0, 0.1) is 13.8 Å². The third-order valence-electron chi connectivity index (χ3n) is 3.84. The van der Waals surface area contributed by atoms with Crippen molar-refractivity contribution in [3.05, 3.63) is 59.2 Å². The van der Waals surface area contributed by atoms with Gasteiger partial charge in [-0.2, -0.15) is 0 Å². The van der Waals surface area contributed by atoms with Gasteiger partial charge in [0.2, 0.25) is 5.91 Å². The highest BCUT2D eigenvalue weighted by atomic mass is 32.2. The maximum Gasteiger partial charge on any atom is 0.238 e. The summed E-state index contributed by atoms with van der Waals surface area (Å²) in [5.74, 6) is 1.51. The first kappa shape index (κ1) is 15.9. The third-order valence-corrected chi connectivity index (χ3v) is 5.03. The summed E-state index contributed by atoms with van der Waals surface area (Å²) < 4.78 is 5.77. The second-order valence-corrected chi connectivity index (χ2v) is 6.81. The Kier molecular flexibility index (Phi) is 4.62. The molecule has 0 N–H and O–H groups in total. The number of benzene rings is 2. The van der Waals surface area contributed by atoms with Crippen LogP contribution in [-0.2, 0) is 4.79 Å². The lowest BCUT2D eigenvalue weighted by atomic mass is 10.1. The number of aryl methyl sites for hydroxylation is 2. The molecule has 0 unspecified atom stereocenters. The number of para-hydroxylation sites is 1. The maximum absolute atomic E-state index is 12.5. The highest BCUT2D eigenvalue weighted by Gasteiger charge is 2.35. The Bertz CT molecular complexity index is 709. The van der Waals surface area contributed by atoms with E-state index in [2.05, 4.69) is 38.1 Å². The van der Waals surface area contributed by atoms with E-state index in [0.29, 0.717) is 12.4 Å². The van der Waals surface area contributed by atoms with E-state index in [-0.39, 0.29) is 11.3 Å². The summed E-state index contributed by atoms with van der Waals surface area (Å²) in [5, 5.41) is -0.0357. The van der Waals surface area contributed by atoms with Gasteiger partial charge in [0.25, 0.3) is 0 Å². The summed E-state index contributed by atoms with van der Waals surface area (Å²) in [6, 6.07) is 14.3. The zero-order valence-corrected chi connectivity index (χ0v) is 14.5. The van der Waals surface area contributed by atoms with Gasteiger partial charge in [0.1, 0.15) is 11.1 Å². The van der Waals surface area contributed by atoms with Gasteiger partial charge in [-0.3, -0.25) is 9.69 Å². The van der Waals surface area contributed by atoms with Crippen LogP contribution in [0.1, 0.15) is 29.0 Å². The molecule has 1 saturated heterocycles. The van der Waals surface area contributed by atoms with Crippen molar-refractivity contribution in [2.45, 2.75) is 26.1 Å². The minimum absolute atomic E-state index is 0.0357. The van der Waals surface area contributed by atoms with Crippen LogP contribution in [0.25, 0.3) is 0 Å². The highest BCUT2D eigenvalue weighted by Crippen LogP contribution is 2.45. The minimum Gasteiger partial charge on any atom is -0.493 e. The average Bonchev–Trinajstić information content (AvgIpc) is 2.89. The number of carbonyl (C=O) groups excluding carboxylic acids is 1. The van der Waals surface area contributed by atoms with Crippen molar-refractivity contribution >= 4 is 23.4 Å². The van der Waals surface area contributed by atoms with E-state index in [1.54, 1.807) is 11.8 Å². The summed E-state index contributed by atoms with van der Waals surface area (Å²) in [6.07, 6.45) is 0. The molecule has 1 fully saturated rings. The maximum atomic E-state index is 12.5. The van der Waals surface area contributed by atoms with Crippen LogP contribution in [0.5, 0.6) is 5.75 Å². The van der Waals surface area contributed by atoms with Crippen molar-refractivity contribution in [2.24, 2.45) is 0 Å². The average molecular weight is 327 g/mol.